The molecule has 2 amide bonds. The topological polar surface area (TPSA) is 214 Å². The van der Waals surface area contributed by atoms with E-state index in [2.05, 4.69) is 34.8 Å². The fourth-order valence-electron chi connectivity index (χ4n) is 4.84. The van der Waals surface area contributed by atoms with Gasteiger partial charge in [-0.15, -0.1) is 11.8 Å². The Kier molecular flexibility index (Phi) is 10.2. The van der Waals surface area contributed by atoms with Gasteiger partial charge in [-0.2, -0.15) is 14.5 Å². The number of nitrogen functional groups attached to an aromatic ring is 1. The van der Waals surface area contributed by atoms with Crippen LogP contribution in [0.5, 0.6) is 0 Å². The molecule has 1 aliphatic carbocycles. The van der Waals surface area contributed by atoms with Gasteiger partial charge in [-0.05, 0) is 37.6 Å². The molecule has 222 valence electrons. The largest absolute Gasteiger partial charge is 0.477 e. The van der Waals surface area contributed by atoms with E-state index < -0.39 is 41.8 Å². The number of nitrogens with two attached hydrogens (primary N) is 2. The molecule has 6 N–H and O–H groups in total. The van der Waals surface area contributed by atoms with Crippen LogP contribution in [-0.2, 0) is 19.2 Å². The standard InChI is InChI=1S/C23H31FN10O5S2/c1-33(11-27-7-13-4-2-3-12(5-13)6-25)28-8-14-9-40-21-16(20(36)34(21)17(14)22(37)38)29-19(35)15(31-39-10-24)18-30-23(26)41-32-18/h8,11-13,16,21H,2-7,9-10,25H2,1H3,(H,29,35)(H,37,38)(H2,26,30,32)/b27-11?,28-8?,31-15-/t12?,13?,16?,21-/m0/s1. The molecule has 3 aliphatic rings. The number of aliphatic carboxylic acids is 1. The van der Waals surface area contributed by atoms with Crippen LogP contribution in [0.1, 0.15) is 31.5 Å². The SMILES string of the molecule is CN(C=NCC1CCCC(CN)C1)N=CC1=C(C(=O)O)N2C(=O)C(NC(=O)/C(=N\OCF)c3nsc(N)n3)[C@@H]2SC1. The smallest absolute Gasteiger partial charge is 0.353 e. The number of hydrazone groups is 1. The summed E-state index contributed by atoms with van der Waals surface area (Å²) in [5.74, 6) is -1.81. The van der Waals surface area contributed by atoms with Gasteiger partial charge in [-0.1, -0.05) is 11.6 Å². The maximum atomic E-state index is 13.0. The second-order valence-electron chi connectivity index (χ2n) is 9.61. The zero-order valence-electron chi connectivity index (χ0n) is 22.2. The Morgan fingerprint density at radius 3 is 2.83 bits per heavy atom. The molecule has 2 fully saturated rings. The molecule has 0 radical (unpaired) electrons. The molecule has 1 saturated carbocycles. The van der Waals surface area contributed by atoms with E-state index in [1.54, 1.807) is 13.4 Å². The van der Waals surface area contributed by atoms with Crippen molar-refractivity contribution in [1.82, 2.24) is 24.6 Å². The summed E-state index contributed by atoms with van der Waals surface area (Å²) in [4.78, 5) is 51.7. The molecule has 18 heteroatoms. The first-order chi connectivity index (χ1) is 19.7. The summed E-state index contributed by atoms with van der Waals surface area (Å²) < 4.78 is 16.4. The molecule has 0 bridgehead atoms. The Labute approximate surface area is 243 Å². The number of hydrogen-bond acceptors (Lipinski definition) is 13. The Bertz CT molecular complexity index is 1270. The highest BCUT2D eigenvalue weighted by atomic mass is 32.2. The Balaban J connectivity index is 1.40. The molecular weight excluding hydrogens is 579 g/mol. The van der Waals surface area contributed by atoms with Crippen molar-refractivity contribution < 1.29 is 28.7 Å². The van der Waals surface area contributed by atoms with Crippen molar-refractivity contribution in [2.45, 2.75) is 37.1 Å². The molecule has 0 aromatic carbocycles. The average Bonchev–Trinajstić information content (AvgIpc) is 3.40. The Morgan fingerprint density at radius 1 is 1.37 bits per heavy atom. The van der Waals surface area contributed by atoms with Crippen molar-refractivity contribution in [3.63, 3.8) is 0 Å². The number of rotatable bonds is 12. The van der Waals surface area contributed by atoms with Crippen molar-refractivity contribution in [2.24, 2.45) is 32.8 Å². The van der Waals surface area contributed by atoms with Crippen LogP contribution in [0.2, 0.25) is 0 Å². The molecule has 3 heterocycles. The minimum absolute atomic E-state index is 0.0432. The van der Waals surface area contributed by atoms with Gasteiger partial charge >= 0.3 is 5.97 Å². The van der Waals surface area contributed by atoms with E-state index >= 15 is 0 Å². The summed E-state index contributed by atoms with van der Waals surface area (Å²) >= 11 is 2.04. The molecule has 1 saturated heterocycles. The zero-order valence-corrected chi connectivity index (χ0v) is 23.8. The van der Waals surface area contributed by atoms with Crippen LogP contribution in [-0.4, -0.2) is 105 Å². The normalized spacial score (nSPS) is 24.9. The predicted octanol–water partition coefficient (Wildman–Crippen LogP) is 0.218. The van der Waals surface area contributed by atoms with Gasteiger partial charge in [0, 0.05) is 36.5 Å². The van der Waals surface area contributed by atoms with Gasteiger partial charge in [0.1, 0.15) is 23.5 Å². The van der Waals surface area contributed by atoms with Gasteiger partial charge in [0.15, 0.2) is 5.13 Å². The summed E-state index contributed by atoms with van der Waals surface area (Å²) in [6, 6.07) is -1.07. The lowest BCUT2D eigenvalue weighted by atomic mass is 9.81. The van der Waals surface area contributed by atoms with Crippen LogP contribution in [0.15, 0.2) is 26.5 Å². The number of hydrogen-bond donors (Lipinski definition) is 4. The third kappa shape index (κ3) is 7.17. The molecule has 2 aliphatic heterocycles. The predicted molar refractivity (Wildman–Crippen MR) is 152 cm³/mol. The van der Waals surface area contributed by atoms with E-state index in [1.807, 2.05) is 0 Å². The number of β-lactam (4-membered cyclic amide) rings is 1. The fourth-order valence-corrected chi connectivity index (χ4v) is 6.57. The zero-order chi connectivity index (χ0) is 29.5. The van der Waals surface area contributed by atoms with Crippen molar-refractivity contribution in [3.05, 3.63) is 17.1 Å². The summed E-state index contributed by atoms with van der Waals surface area (Å²) in [5.41, 5.74) is 11.0. The first-order valence-electron chi connectivity index (χ1n) is 12.8. The van der Waals surface area contributed by atoms with Crippen LogP contribution >= 0.6 is 23.3 Å². The quantitative estimate of drug-likeness (QED) is 0.109. The average molecular weight is 611 g/mol. The number of halogens is 1. The van der Waals surface area contributed by atoms with Crippen LogP contribution in [0, 0.1) is 11.8 Å². The number of aromatic nitrogens is 2. The third-order valence-corrected chi connectivity index (χ3v) is 8.64. The number of oxime groups is 1. The number of alkyl halides is 1. The highest BCUT2D eigenvalue weighted by molar-refractivity contribution is 8.00. The van der Waals surface area contributed by atoms with E-state index in [9.17, 15) is 23.9 Å². The fraction of sp³-hybridized carbons (Fsp3) is 0.565. The molecular formula is C23H31FN10O5S2. The Morgan fingerprint density at radius 2 is 2.15 bits per heavy atom. The summed E-state index contributed by atoms with van der Waals surface area (Å²) in [7, 11) is 1.68. The first kappa shape index (κ1) is 30.3. The minimum atomic E-state index is -1.31. The minimum Gasteiger partial charge on any atom is -0.477 e. The Hall–Kier alpha value is -3.64. The highest BCUT2D eigenvalue weighted by Gasteiger charge is 2.54. The third-order valence-electron chi connectivity index (χ3n) is 6.79. The van der Waals surface area contributed by atoms with Crippen molar-refractivity contribution in [2.75, 3.05) is 38.5 Å². The number of fused-ring (bicyclic) bond motifs is 1. The van der Waals surface area contributed by atoms with E-state index in [0.29, 0.717) is 30.5 Å². The first-order valence-corrected chi connectivity index (χ1v) is 14.6. The molecule has 41 heavy (non-hydrogen) atoms. The van der Waals surface area contributed by atoms with Crippen LogP contribution in [0.25, 0.3) is 0 Å². The number of carbonyl (C=O) groups excluding carboxylic acids is 2. The van der Waals surface area contributed by atoms with Gasteiger partial charge in [-0.25, -0.2) is 9.18 Å². The number of amides is 2. The van der Waals surface area contributed by atoms with E-state index in [1.165, 1.54) is 23.0 Å². The highest BCUT2D eigenvalue weighted by Crippen LogP contribution is 2.40. The number of nitrogens with one attached hydrogen (secondary N) is 1. The second kappa shape index (κ2) is 13.8. The second-order valence-corrected chi connectivity index (χ2v) is 11.5. The van der Waals surface area contributed by atoms with Gasteiger partial charge in [-0.3, -0.25) is 24.5 Å². The lowest BCUT2D eigenvalue weighted by Crippen LogP contribution is -2.71. The lowest BCUT2D eigenvalue weighted by molar-refractivity contribution is -0.150. The number of nitrogens with zero attached hydrogens (tertiary/aromatic N) is 7. The number of carbonyl (C=O) groups is 3. The van der Waals surface area contributed by atoms with Crippen LogP contribution in [0.3, 0.4) is 0 Å². The molecule has 4 rings (SSSR count). The van der Waals surface area contributed by atoms with Gasteiger partial charge in [0.2, 0.25) is 11.5 Å². The maximum Gasteiger partial charge on any atom is 0.353 e. The van der Waals surface area contributed by atoms with E-state index in [4.69, 9.17) is 11.5 Å². The van der Waals surface area contributed by atoms with Crippen molar-refractivity contribution >= 4 is 64.5 Å². The number of aliphatic imine (C=N–C) groups is 1. The maximum absolute atomic E-state index is 13.0. The molecule has 3 unspecified atom stereocenters. The van der Waals surface area contributed by atoms with E-state index in [-0.39, 0.29) is 22.4 Å². The monoisotopic (exact) mass is 610 g/mol. The molecule has 0 spiro atoms. The number of thioether (sulfide) groups is 1. The molecule has 4 atom stereocenters. The number of carboxylic acid groups (broad SMARTS) is 1. The molecule has 15 nitrogen and oxygen atoms in total. The number of anilines is 1. The van der Waals surface area contributed by atoms with Crippen molar-refractivity contribution in [1.29, 1.82) is 0 Å². The van der Waals surface area contributed by atoms with Crippen molar-refractivity contribution in [3.8, 4) is 0 Å². The summed E-state index contributed by atoms with van der Waals surface area (Å²) in [6.45, 7) is 0.0603. The van der Waals surface area contributed by atoms with Gasteiger partial charge in [0.25, 0.3) is 18.7 Å². The molecule has 1 aromatic rings. The lowest BCUT2D eigenvalue weighted by Gasteiger charge is -2.49. The molecule has 1 aromatic heterocycles. The summed E-state index contributed by atoms with van der Waals surface area (Å²) in [5, 5.41) is 20.9. The number of carboxylic acids is 1. The van der Waals surface area contributed by atoms with E-state index in [0.717, 1.165) is 42.1 Å². The van der Waals surface area contributed by atoms with Crippen LogP contribution in [0.4, 0.5) is 9.52 Å². The van der Waals surface area contributed by atoms with Gasteiger partial charge < -0.3 is 26.7 Å². The van der Waals surface area contributed by atoms with Gasteiger partial charge in [0.05, 0.1) is 6.21 Å². The summed E-state index contributed by atoms with van der Waals surface area (Å²) in [6.07, 6.45) is 7.48. The van der Waals surface area contributed by atoms with Crippen LogP contribution < -0.4 is 16.8 Å².